The van der Waals surface area contributed by atoms with E-state index in [2.05, 4.69) is 10.1 Å². The van der Waals surface area contributed by atoms with E-state index < -0.39 is 23.7 Å². The molecule has 0 aliphatic carbocycles. The Hall–Kier alpha value is -2.39. The zero-order valence-corrected chi connectivity index (χ0v) is 16.3. The van der Waals surface area contributed by atoms with Crippen molar-refractivity contribution < 1.29 is 27.5 Å². The summed E-state index contributed by atoms with van der Waals surface area (Å²) in [4.78, 5) is 24.7. The number of hydrogen-bond acceptors (Lipinski definition) is 5. The van der Waals surface area contributed by atoms with Gasteiger partial charge in [0.1, 0.15) is 0 Å². The molecule has 0 heterocycles. The second-order valence-corrected chi connectivity index (χ2v) is 7.38. The molecule has 10 heteroatoms. The average Bonchev–Trinajstić information content (AvgIpc) is 2.57. The summed E-state index contributed by atoms with van der Waals surface area (Å²) < 4.78 is 44.1. The number of carbonyl (C=O) groups is 2. The van der Waals surface area contributed by atoms with Crippen molar-refractivity contribution in [3.05, 3.63) is 47.5 Å². The van der Waals surface area contributed by atoms with Crippen LogP contribution in [0.15, 0.2) is 52.3 Å². The number of rotatable bonds is 5. The predicted octanol–water partition coefficient (Wildman–Crippen LogP) is 4.90. The number of nitrogens with two attached hydrogens (primary N) is 1. The van der Waals surface area contributed by atoms with Crippen molar-refractivity contribution in [2.24, 2.45) is 0 Å². The summed E-state index contributed by atoms with van der Waals surface area (Å²) in [6.45, 7) is 1.26. The summed E-state index contributed by atoms with van der Waals surface area (Å²) in [6.07, 6.45) is -5.12. The molecule has 0 bridgehead atoms. The number of nitrogens with one attached hydrogen (secondary N) is 1. The third-order valence-electron chi connectivity index (χ3n) is 3.66. The maximum Gasteiger partial charge on any atom is 0.437 e. The monoisotopic (exact) mass is 432 g/mol. The normalized spacial score (nSPS) is 13.5. The van der Waals surface area contributed by atoms with E-state index in [1.54, 1.807) is 24.3 Å². The van der Waals surface area contributed by atoms with E-state index in [0.29, 0.717) is 17.5 Å². The van der Waals surface area contributed by atoms with Crippen molar-refractivity contribution in [1.29, 1.82) is 0 Å². The minimum absolute atomic E-state index is 0.0141. The van der Waals surface area contributed by atoms with Gasteiger partial charge in [-0.3, -0.25) is 9.59 Å². The molecule has 1 amide bonds. The van der Waals surface area contributed by atoms with Gasteiger partial charge in [0.15, 0.2) is 0 Å². The highest BCUT2D eigenvalue weighted by Gasteiger charge is 2.60. The van der Waals surface area contributed by atoms with Crippen LogP contribution in [0.3, 0.4) is 0 Å². The molecule has 2 aromatic carbocycles. The van der Waals surface area contributed by atoms with Crippen molar-refractivity contribution in [3.8, 4) is 0 Å². The lowest BCUT2D eigenvalue weighted by Gasteiger charge is -2.29. The number of hydrogen-bond donors (Lipinski definition) is 2. The van der Waals surface area contributed by atoms with Gasteiger partial charge in [-0.15, -0.1) is 0 Å². The molecule has 0 fully saturated rings. The number of halogens is 4. The van der Waals surface area contributed by atoms with Gasteiger partial charge in [0.25, 0.3) is 11.5 Å². The van der Waals surface area contributed by atoms with Crippen LogP contribution in [0.1, 0.15) is 13.8 Å². The number of alkyl halides is 3. The lowest BCUT2D eigenvalue weighted by Crippen LogP contribution is -2.55. The standard InChI is InChI=1S/C18H16ClF3N2O3S/c1-10(25)27-17(2,18(20,21)22)16(26)24-14-8-7-11(9-12(14)19)28-15-6-4-3-5-13(15)23/h3-9H,23H2,1-2H3,(H,24,26)/t17-/m1/s1. The largest absolute Gasteiger partial charge is 0.439 e. The Bertz CT molecular complexity index is 908. The first-order valence-electron chi connectivity index (χ1n) is 7.83. The van der Waals surface area contributed by atoms with Crippen LogP contribution in [-0.2, 0) is 14.3 Å². The van der Waals surface area contributed by atoms with Gasteiger partial charge < -0.3 is 15.8 Å². The summed E-state index contributed by atoms with van der Waals surface area (Å²) in [5.74, 6) is -2.81. The van der Waals surface area contributed by atoms with E-state index in [-0.39, 0.29) is 10.7 Å². The van der Waals surface area contributed by atoms with Gasteiger partial charge in [0.2, 0.25) is 0 Å². The molecular formula is C18H16ClF3N2O3S. The SMILES string of the molecule is CC(=O)O[C@](C)(C(=O)Nc1ccc(Sc2ccccc2N)cc1Cl)C(F)(F)F. The van der Waals surface area contributed by atoms with Gasteiger partial charge in [-0.1, -0.05) is 35.5 Å². The minimum Gasteiger partial charge on any atom is -0.439 e. The first kappa shape index (κ1) is 21.9. The Morgan fingerprint density at radius 1 is 1.18 bits per heavy atom. The van der Waals surface area contributed by atoms with Gasteiger partial charge in [0.05, 0.1) is 10.7 Å². The van der Waals surface area contributed by atoms with Gasteiger partial charge in [-0.25, -0.2) is 0 Å². The Balaban J connectivity index is 2.23. The van der Waals surface area contributed by atoms with Gasteiger partial charge in [0, 0.05) is 22.4 Å². The van der Waals surface area contributed by atoms with Gasteiger partial charge >= 0.3 is 12.1 Å². The highest BCUT2D eigenvalue weighted by Crippen LogP contribution is 2.37. The van der Waals surface area contributed by atoms with E-state index in [4.69, 9.17) is 17.3 Å². The summed E-state index contributed by atoms with van der Waals surface area (Å²) in [6, 6.07) is 11.5. The first-order valence-corrected chi connectivity index (χ1v) is 9.03. The molecule has 0 spiro atoms. The molecule has 0 aliphatic rings. The number of benzene rings is 2. The Labute approximate surface area is 168 Å². The zero-order chi connectivity index (χ0) is 21.1. The van der Waals surface area contributed by atoms with Gasteiger partial charge in [-0.2, -0.15) is 13.2 Å². The summed E-state index contributed by atoms with van der Waals surface area (Å²) in [7, 11) is 0. The lowest BCUT2D eigenvalue weighted by molar-refractivity contribution is -0.253. The van der Waals surface area contributed by atoms with Crippen molar-refractivity contribution in [2.75, 3.05) is 11.1 Å². The molecule has 28 heavy (non-hydrogen) atoms. The fourth-order valence-electron chi connectivity index (χ4n) is 2.12. The Morgan fingerprint density at radius 3 is 2.36 bits per heavy atom. The number of amides is 1. The van der Waals surface area contributed by atoms with E-state index >= 15 is 0 Å². The summed E-state index contributed by atoms with van der Waals surface area (Å²) in [5, 5.41) is 2.08. The quantitative estimate of drug-likeness (QED) is 0.519. The number of esters is 1. The second kappa shape index (κ2) is 8.32. The smallest absolute Gasteiger partial charge is 0.437 e. The van der Waals surface area contributed by atoms with Crippen LogP contribution >= 0.6 is 23.4 Å². The highest BCUT2D eigenvalue weighted by atomic mass is 35.5. The molecule has 0 saturated carbocycles. The molecule has 5 nitrogen and oxygen atoms in total. The third kappa shape index (κ3) is 4.90. The summed E-state index contributed by atoms with van der Waals surface area (Å²) >= 11 is 7.40. The average molecular weight is 433 g/mol. The number of ether oxygens (including phenoxy) is 1. The fraction of sp³-hybridized carbons (Fsp3) is 0.222. The molecule has 0 aliphatic heterocycles. The second-order valence-electron chi connectivity index (χ2n) is 5.86. The van der Waals surface area contributed by atoms with Crippen LogP contribution < -0.4 is 11.1 Å². The number of anilines is 2. The first-order chi connectivity index (χ1) is 12.9. The molecule has 3 N–H and O–H groups in total. The number of nitrogen functional groups attached to an aromatic ring is 1. The molecule has 0 radical (unpaired) electrons. The summed E-state index contributed by atoms with van der Waals surface area (Å²) in [5.41, 5.74) is 3.02. The van der Waals surface area contributed by atoms with Crippen LogP contribution in [0, 0.1) is 0 Å². The molecule has 0 saturated heterocycles. The maximum absolute atomic E-state index is 13.3. The Kier molecular flexibility index (Phi) is 6.51. The molecular weight excluding hydrogens is 417 g/mol. The van der Waals surface area contributed by atoms with Crippen molar-refractivity contribution >= 4 is 46.6 Å². The molecule has 150 valence electrons. The van der Waals surface area contributed by atoms with E-state index in [9.17, 15) is 22.8 Å². The van der Waals surface area contributed by atoms with E-state index in [1.807, 2.05) is 6.07 Å². The zero-order valence-electron chi connectivity index (χ0n) is 14.8. The van der Waals surface area contributed by atoms with Crippen molar-refractivity contribution in [3.63, 3.8) is 0 Å². The van der Waals surface area contributed by atoms with Crippen LogP contribution in [0.25, 0.3) is 0 Å². The number of para-hydroxylation sites is 1. The minimum atomic E-state index is -5.12. The molecule has 0 unspecified atom stereocenters. The Morgan fingerprint density at radius 2 is 1.82 bits per heavy atom. The fourth-order valence-corrected chi connectivity index (χ4v) is 3.31. The number of carbonyl (C=O) groups excluding carboxylic acids is 2. The predicted molar refractivity (Wildman–Crippen MR) is 101 cm³/mol. The van der Waals surface area contributed by atoms with Crippen LogP contribution in [0.4, 0.5) is 24.5 Å². The topological polar surface area (TPSA) is 81.4 Å². The van der Waals surface area contributed by atoms with Crippen LogP contribution in [0.5, 0.6) is 0 Å². The van der Waals surface area contributed by atoms with E-state index in [1.165, 1.54) is 23.9 Å². The molecule has 2 aromatic rings. The van der Waals surface area contributed by atoms with Crippen LogP contribution in [-0.4, -0.2) is 23.7 Å². The lowest BCUT2D eigenvalue weighted by atomic mass is 10.0. The van der Waals surface area contributed by atoms with E-state index in [0.717, 1.165) is 11.8 Å². The molecule has 2 rings (SSSR count). The highest BCUT2D eigenvalue weighted by molar-refractivity contribution is 7.99. The van der Waals surface area contributed by atoms with Crippen molar-refractivity contribution in [1.82, 2.24) is 0 Å². The van der Waals surface area contributed by atoms with Crippen LogP contribution in [0.2, 0.25) is 5.02 Å². The maximum atomic E-state index is 13.3. The third-order valence-corrected chi connectivity index (χ3v) is 5.05. The molecule has 0 aromatic heterocycles. The van der Waals surface area contributed by atoms with Crippen molar-refractivity contribution in [2.45, 2.75) is 35.4 Å². The van der Waals surface area contributed by atoms with Gasteiger partial charge in [-0.05, 0) is 37.3 Å². The molecule has 1 atom stereocenters.